The number of benzene rings is 1. The molecule has 1 amide bonds. The first-order valence-corrected chi connectivity index (χ1v) is 4.43. The van der Waals surface area contributed by atoms with Gasteiger partial charge in [-0.05, 0) is 24.3 Å². The molecule has 0 aliphatic rings. The van der Waals surface area contributed by atoms with E-state index in [2.05, 4.69) is 5.32 Å². The zero-order valence-corrected chi connectivity index (χ0v) is 9.34. The second-order valence-corrected chi connectivity index (χ2v) is 2.84. The van der Waals surface area contributed by atoms with Crippen LogP contribution in [0.4, 0.5) is 5.69 Å². The molecule has 84 valence electrons. The van der Waals surface area contributed by atoms with E-state index in [-0.39, 0.29) is 18.3 Å². The third-order valence-corrected chi connectivity index (χ3v) is 1.56. The van der Waals surface area contributed by atoms with Crippen molar-refractivity contribution in [2.45, 2.75) is 6.92 Å². The number of carbonyl (C=O) groups excluding carboxylic acids is 1. The van der Waals surface area contributed by atoms with Crippen LogP contribution in [0.2, 0.25) is 0 Å². The lowest BCUT2D eigenvalue weighted by molar-refractivity contribution is -0.114. The van der Waals surface area contributed by atoms with Crippen LogP contribution < -0.4 is 15.8 Å². The fourth-order valence-electron chi connectivity index (χ4n) is 1.01. The van der Waals surface area contributed by atoms with Crippen LogP contribution in [0.15, 0.2) is 24.3 Å². The van der Waals surface area contributed by atoms with E-state index in [1.54, 1.807) is 24.3 Å². The van der Waals surface area contributed by atoms with Crippen molar-refractivity contribution in [1.29, 1.82) is 0 Å². The summed E-state index contributed by atoms with van der Waals surface area (Å²) in [4.78, 5) is 10.7. The third-order valence-electron chi connectivity index (χ3n) is 1.56. The molecule has 0 aliphatic carbocycles. The lowest BCUT2D eigenvalue weighted by Gasteiger charge is -2.05. The number of ether oxygens (including phenoxy) is 1. The van der Waals surface area contributed by atoms with Gasteiger partial charge in [-0.1, -0.05) is 0 Å². The maximum absolute atomic E-state index is 10.7. The van der Waals surface area contributed by atoms with Crippen molar-refractivity contribution in [3.05, 3.63) is 24.3 Å². The highest BCUT2D eigenvalue weighted by Gasteiger charge is 1.96. The predicted molar refractivity (Wildman–Crippen MR) is 62.5 cm³/mol. The van der Waals surface area contributed by atoms with E-state index in [1.165, 1.54) is 6.92 Å². The van der Waals surface area contributed by atoms with Crippen molar-refractivity contribution in [3.63, 3.8) is 0 Å². The van der Waals surface area contributed by atoms with Gasteiger partial charge < -0.3 is 15.8 Å². The van der Waals surface area contributed by atoms with Crippen LogP contribution in [0, 0.1) is 0 Å². The number of anilines is 1. The first kappa shape index (κ1) is 13.7. The molecular weight excluding hydrogens is 216 g/mol. The maximum atomic E-state index is 10.7. The average molecular weight is 231 g/mol. The Labute approximate surface area is 95.2 Å². The van der Waals surface area contributed by atoms with Crippen molar-refractivity contribution in [2.24, 2.45) is 5.73 Å². The van der Waals surface area contributed by atoms with Crippen LogP contribution in [-0.4, -0.2) is 19.1 Å². The Bertz CT molecular complexity index is 301. The van der Waals surface area contributed by atoms with Crippen LogP contribution in [-0.2, 0) is 4.79 Å². The molecule has 1 aromatic rings. The van der Waals surface area contributed by atoms with Gasteiger partial charge in [0.05, 0.1) is 0 Å². The highest BCUT2D eigenvalue weighted by Crippen LogP contribution is 2.15. The van der Waals surface area contributed by atoms with Crippen LogP contribution >= 0.6 is 12.4 Å². The molecule has 0 heterocycles. The standard InChI is InChI=1S/C10H14N2O2.ClH/c1-8(13)12-9-2-4-10(5-3-9)14-7-6-11;/h2-5H,6-7,11H2,1H3,(H,12,13);1H. The van der Waals surface area contributed by atoms with Gasteiger partial charge in [0.15, 0.2) is 0 Å². The highest BCUT2D eigenvalue weighted by atomic mass is 35.5. The van der Waals surface area contributed by atoms with E-state index >= 15 is 0 Å². The summed E-state index contributed by atoms with van der Waals surface area (Å²) in [6.45, 7) is 2.46. The molecule has 0 saturated carbocycles. The number of rotatable bonds is 4. The molecule has 1 rings (SSSR count). The number of hydrogen-bond donors (Lipinski definition) is 2. The lowest BCUT2D eigenvalue weighted by atomic mass is 10.3. The Morgan fingerprint density at radius 3 is 2.47 bits per heavy atom. The van der Waals surface area contributed by atoms with Crippen LogP contribution in [0.25, 0.3) is 0 Å². The fourth-order valence-corrected chi connectivity index (χ4v) is 1.01. The van der Waals surface area contributed by atoms with Crippen LogP contribution in [0.1, 0.15) is 6.92 Å². The smallest absolute Gasteiger partial charge is 0.221 e. The van der Waals surface area contributed by atoms with Gasteiger partial charge in [-0.25, -0.2) is 0 Å². The normalized spacial score (nSPS) is 8.93. The molecule has 0 spiro atoms. The Morgan fingerprint density at radius 2 is 2.00 bits per heavy atom. The second-order valence-electron chi connectivity index (χ2n) is 2.84. The van der Waals surface area contributed by atoms with Gasteiger partial charge in [-0.3, -0.25) is 4.79 Å². The minimum atomic E-state index is -0.0828. The first-order valence-electron chi connectivity index (χ1n) is 4.43. The topological polar surface area (TPSA) is 64.3 Å². The van der Waals surface area contributed by atoms with Gasteiger partial charge in [0, 0.05) is 19.2 Å². The summed E-state index contributed by atoms with van der Waals surface area (Å²) in [6.07, 6.45) is 0. The van der Waals surface area contributed by atoms with E-state index in [0.717, 1.165) is 11.4 Å². The number of amides is 1. The molecular formula is C10H15ClN2O2. The van der Waals surface area contributed by atoms with Crippen molar-refractivity contribution in [2.75, 3.05) is 18.5 Å². The van der Waals surface area contributed by atoms with Gasteiger partial charge in [-0.15, -0.1) is 12.4 Å². The van der Waals surface area contributed by atoms with Crippen molar-refractivity contribution in [3.8, 4) is 5.75 Å². The van der Waals surface area contributed by atoms with E-state index in [9.17, 15) is 4.79 Å². The Balaban J connectivity index is 0.00000196. The Kier molecular flexibility index (Phi) is 6.49. The molecule has 0 aromatic heterocycles. The average Bonchev–Trinajstić information content (AvgIpc) is 2.16. The number of halogens is 1. The molecule has 1 aromatic carbocycles. The minimum Gasteiger partial charge on any atom is -0.492 e. The number of nitrogens with two attached hydrogens (primary N) is 1. The van der Waals surface area contributed by atoms with Crippen LogP contribution in [0.5, 0.6) is 5.75 Å². The zero-order chi connectivity index (χ0) is 10.4. The van der Waals surface area contributed by atoms with Crippen molar-refractivity contribution < 1.29 is 9.53 Å². The summed E-state index contributed by atoms with van der Waals surface area (Å²) >= 11 is 0. The van der Waals surface area contributed by atoms with Gasteiger partial charge in [-0.2, -0.15) is 0 Å². The predicted octanol–water partition coefficient (Wildman–Crippen LogP) is 1.40. The van der Waals surface area contributed by atoms with Gasteiger partial charge in [0.2, 0.25) is 5.91 Å². The molecule has 0 radical (unpaired) electrons. The Morgan fingerprint density at radius 1 is 1.40 bits per heavy atom. The second kappa shape index (κ2) is 7.09. The van der Waals surface area contributed by atoms with E-state index in [1.807, 2.05) is 0 Å². The molecule has 5 heteroatoms. The summed E-state index contributed by atoms with van der Waals surface area (Å²) in [5.74, 6) is 0.671. The quantitative estimate of drug-likeness (QED) is 0.822. The molecule has 0 atom stereocenters. The SMILES string of the molecule is CC(=O)Nc1ccc(OCCN)cc1.Cl. The van der Waals surface area contributed by atoms with Gasteiger partial charge in [0.25, 0.3) is 0 Å². The summed E-state index contributed by atoms with van der Waals surface area (Å²) < 4.78 is 5.28. The monoisotopic (exact) mass is 230 g/mol. The lowest BCUT2D eigenvalue weighted by Crippen LogP contribution is -2.10. The van der Waals surface area contributed by atoms with Gasteiger partial charge in [0.1, 0.15) is 12.4 Å². The number of hydrogen-bond acceptors (Lipinski definition) is 3. The van der Waals surface area contributed by atoms with E-state index in [4.69, 9.17) is 10.5 Å². The largest absolute Gasteiger partial charge is 0.492 e. The van der Waals surface area contributed by atoms with E-state index in [0.29, 0.717) is 13.2 Å². The summed E-state index contributed by atoms with van der Waals surface area (Å²) in [6, 6.07) is 7.16. The first-order chi connectivity index (χ1) is 6.72. The summed E-state index contributed by atoms with van der Waals surface area (Å²) in [5.41, 5.74) is 6.05. The van der Waals surface area contributed by atoms with Crippen molar-refractivity contribution in [1.82, 2.24) is 0 Å². The summed E-state index contributed by atoms with van der Waals surface area (Å²) in [7, 11) is 0. The zero-order valence-electron chi connectivity index (χ0n) is 8.53. The number of nitrogens with one attached hydrogen (secondary N) is 1. The maximum Gasteiger partial charge on any atom is 0.221 e. The Hall–Kier alpha value is -1.26. The van der Waals surface area contributed by atoms with Crippen molar-refractivity contribution >= 4 is 24.0 Å². The van der Waals surface area contributed by atoms with Gasteiger partial charge >= 0.3 is 0 Å². The molecule has 4 nitrogen and oxygen atoms in total. The third kappa shape index (κ3) is 5.24. The molecule has 0 fully saturated rings. The fraction of sp³-hybridized carbons (Fsp3) is 0.300. The molecule has 0 saturated heterocycles. The summed E-state index contributed by atoms with van der Waals surface area (Å²) in [5, 5.41) is 2.67. The molecule has 0 bridgehead atoms. The molecule has 3 N–H and O–H groups in total. The molecule has 0 unspecified atom stereocenters. The number of carbonyl (C=O) groups is 1. The molecule has 15 heavy (non-hydrogen) atoms. The minimum absolute atomic E-state index is 0. The molecule has 0 aliphatic heterocycles. The van der Waals surface area contributed by atoms with Crippen LogP contribution in [0.3, 0.4) is 0 Å². The highest BCUT2D eigenvalue weighted by molar-refractivity contribution is 5.88. The van der Waals surface area contributed by atoms with E-state index < -0.39 is 0 Å².